The van der Waals surface area contributed by atoms with Crippen LogP contribution >= 0.6 is 23.2 Å². The number of fused-ring (bicyclic) bond motifs is 6. The lowest BCUT2D eigenvalue weighted by atomic mass is 9.90. The second kappa shape index (κ2) is 16.5. The van der Waals surface area contributed by atoms with Gasteiger partial charge in [-0.15, -0.1) is 0 Å². The quantitative estimate of drug-likeness (QED) is 0.101. The summed E-state index contributed by atoms with van der Waals surface area (Å²) < 4.78 is 91.7. The molecule has 0 saturated carbocycles. The Labute approximate surface area is 336 Å². The molecule has 3 atom stereocenters. The van der Waals surface area contributed by atoms with Crippen molar-refractivity contribution < 1.29 is 65.8 Å². The number of rotatable bonds is 7. The van der Waals surface area contributed by atoms with Crippen LogP contribution in [0.15, 0.2) is 97.1 Å². The molecular formula is C41H33Cl2F6NO8. The molecule has 5 aromatic carbocycles. The highest BCUT2D eigenvalue weighted by molar-refractivity contribution is 6.34. The summed E-state index contributed by atoms with van der Waals surface area (Å²) in [5.74, 6) is -2.92. The van der Waals surface area contributed by atoms with Crippen molar-refractivity contribution in [3.8, 4) is 33.8 Å². The Morgan fingerprint density at radius 1 is 0.655 bits per heavy atom. The molecule has 0 fully saturated rings. The molecule has 306 valence electrons. The summed E-state index contributed by atoms with van der Waals surface area (Å²) in [5.41, 5.74) is 0.472. The monoisotopic (exact) mass is 851 g/mol. The molecule has 5 aromatic rings. The van der Waals surface area contributed by atoms with Crippen LogP contribution in [0.1, 0.15) is 46.3 Å². The third-order valence-corrected chi connectivity index (χ3v) is 9.82. The second-order valence-corrected chi connectivity index (χ2v) is 14.0. The van der Waals surface area contributed by atoms with Crippen LogP contribution in [-0.4, -0.2) is 57.9 Å². The van der Waals surface area contributed by atoms with Crippen molar-refractivity contribution in [3.05, 3.63) is 140 Å². The zero-order chi connectivity index (χ0) is 43.0. The van der Waals surface area contributed by atoms with E-state index in [1.165, 1.54) is 71.8 Å². The maximum absolute atomic E-state index is 13.7. The minimum absolute atomic E-state index is 0.0507. The number of nitrogens with two attached hydrogens (primary N) is 1. The first-order valence-corrected chi connectivity index (χ1v) is 17.7. The van der Waals surface area contributed by atoms with Gasteiger partial charge in [-0.2, -0.15) is 26.3 Å². The molecule has 0 radical (unpaired) electrons. The van der Waals surface area contributed by atoms with Gasteiger partial charge < -0.3 is 35.6 Å². The predicted octanol–water partition coefficient (Wildman–Crippen LogP) is 9.18. The molecule has 2 aliphatic carbocycles. The average molecular weight is 853 g/mol. The zero-order valence-corrected chi connectivity index (χ0v) is 31.8. The normalized spacial score (nSPS) is 17.9. The fourth-order valence-electron chi connectivity index (χ4n) is 6.54. The third kappa shape index (κ3) is 8.31. The van der Waals surface area contributed by atoms with Crippen LogP contribution in [0.4, 0.5) is 26.3 Å². The van der Waals surface area contributed by atoms with Gasteiger partial charge in [-0.05, 0) is 54.8 Å². The van der Waals surface area contributed by atoms with Crippen molar-refractivity contribution in [1.29, 1.82) is 0 Å². The zero-order valence-electron chi connectivity index (χ0n) is 30.3. The maximum Gasteiger partial charge on any atom is 0.425 e. The van der Waals surface area contributed by atoms with E-state index in [0.717, 1.165) is 12.1 Å². The highest BCUT2D eigenvalue weighted by Crippen LogP contribution is 2.59. The van der Waals surface area contributed by atoms with Gasteiger partial charge in [-0.25, -0.2) is 9.59 Å². The molecule has 2 unspecified atom stereocenters. The minimum atomic E-state index is -5.00. The lowest BCUT2D eigenvalue weighted by Gasteiger charge is -2.28. The highest BCUT2D eigenvalue weighted by Gasteiger charge is 2.62. The SMILES string of the molecule is Cc1ccc([C@@H](C)N)cc1.O=C(O)COc1cc(Cl)c2c(c1)C(O)(C(F)(F)F)c1ccccc1-2.O=C(O)COc1cc(Cl)c2c(c1)C(O)(C(F)(F)F)c1ccccc1-2. The number of carboxylic acid groups (broad SMARTS) is 2. The van der Waals surface area contributed by atoms with Gasteiger partial charge in [0.15, 0.2) is 13.2 Å². The lowest BCUT2D eigenvalue weighted by Crippen LogP contribution is -2.41. The van der Waals surface area contributed by atoms with Crippen LogP contribution in [-0.2, 0) is 20.8 Å². The van der Waals surface area contributed by atoms with Crippen LogP contribution < -0.4 is 15.2 Å². The first-order chi connectivity index (χ1) is 27.0. The van der Waals surface area contributed by atoms with E-state index in [-0.39, 0.29) is 61.0 Å². The number of carbonyl (C=O) groups is 2. The van der Waals surface area contributed by atoms with Crippen molar-refractivity contribution in [1.82, 2.24) is 0 Å². The van der Waals surface area contributed by atoms with Crippen molar-refractivity contribution in [2.24, 2.45) is 5.73 Å². The molecule has 0 bridgehead atoms. The van der Waals surface area contributed by atoms with E-state index in [1.807, 2.05) is 6.92 Å². The predicted molar refractivity (Wildman–Crippen MR) is 202 cm³/mol. The summed E-state index contributed by atoms with van der Waals surface area (Å²) in [4.78, 5) is 21.1. The number of ether oxygens (including phenoxy) is 2. The summed E-state index contributed by atoms with van der Waals surface area (Å²) in [6, 6.07) is 23.9. The van der Waals surface area contributed by atoms with Gasteiger partial charge in [-0.3, -0.25) is 0 Å². The van der Waals surface area contributed by atoms with Crippen molar-refractivity contribution >= 4 is 35.1 Å². The summed E-state index contributed by atoms with van der Waals surface area (Å²) >= 11 is 12.2. The molecule has 17 heteroatoms. The Morgan fingerprint density at radius 2 is 1.02 bits per heavy atom. The van der Waals surface area contributed by atoms with Crippen LogP contribution in [0, 0.1) is 6.92 Å². The van der Waals surface area contributed by atoms with E-state index in [9.17, 15) is 46.1 Å². The third-order valence-electron chi connectivity index (χ3n) is 9.23. The largest absolute Gasteiger partial charge is 0.482 e. The summed E-state index contributed by atoms with van der Waals surface area (Å²) in [5, 5.41) is 38.1. The molecule has 0 spiro atoms. The minimum Gasteiger partial charge on any atom is -0.482 e. The number of hydrogen-bond donors (Lipinski definition) is 5. The fraction of sp³-hybridized carbons (Fsp3) is 0.220. The van der Waals surface area contributed by atoms with E-state index in [1.54, 1.807) is 0 Å². The lowest BCUT2D eigenvalue weighted by molar-refractivity contribution is -0.247. The Kier molecular flexibility index (Phi) is 12.5. The summed E-state index contributed by atoms with van der Waals surface area (Å²) in [7, 11) is 0. The standard InChI is InChI=1S/2C16H10ClF3O4.C9H13N/c2*17-12-6-8(24-7-13(21)22)5-11-14(12)9-3-1-2-4-10(9)15(11,23)16(18,19)20;1-7-3-5-9(6-4-7)8(2)10/h2*1-6,23H,7H2,(H,21,22);3-6,8H,10H2,1-2H3/t;;8-/m..1/s1. The van der Waals surface area contributed by atoms with Gasteiger partial charge >= 0.3 is 24.3 Å². The van der Waals surface area contributed by atoms with Gasteiger partial charge in [0.2, 0.25) is 11.2 Å². The molecule has 58 heavy (non-hydrogen) atoms. The molecule has 2 aliphatic rings. The molecule has 0 heterocycles. The maximum atomic E-state index is 13.7. The average Bonchev–Trinajstić information content (AvgIpc) is 3.58. The van der Waals surface area contributed by atoms with Crippen LogP contribution in [0.25, 0.3) is 22.3 Å². The molecule has 6 N–H and O–H groups in total. The van der Waals surface area contributed by atoms with Crippen LogP contribution in [0.2, 0.25) is 10.0 Å². The Hall–Kier alpha value is -5.32. The van der Waals surface area contributed by atoms with E-state index >= 15 is 0 Å². The van der Waals surface area contributed by atoms with Crippen molar-refractivity contribution in [2.75, 3.05) is 13.2 Å². The molecule has 0 aromatic heterocycles. The number of halogens is 8. The number of alkyl halides is 6. The van der Waals surface area contributed by atoms with Gasteiger partial charge in [0.25, 0.3) is 0 Å². The van der Waals surface area contributed by atoms with E-state index in [2.05, 4.69) is 31.2 Å². The topological polar surface area (TPSA) is 160 Å². The van der Waals surface area contributed by atoms with Crippen molar-refractivity contribution in [2.45, 2.75) is 43.4 Å². The number of aryl methyl sites for hydroxylation is 1. The number of hydrogen-bond acceptors (Lipinski definition) is 7. The number of aliphatic hydroxyl groups is 2. The fourth-order valence-corrected chi connectivity index (χ4v) is 7.17. The van der Waals surface area contributed by atoms with Crippen LogP contribution in [0.3, 0.4) is 0 Å². The number of carboxylic acids is 2. The molecule has 7 rings (SSSR count). The van der Waals surface area contributed by atoms with Crippen LogP contribution in [0.5, 0.6) is 11.5 Å². The molecule has 9 nitrogen and oxygen atoms in total. The molecular weight excluding hydrogens is 819 g/mol. The number of aliphatic carboxylic acids is 2. The van der Waals surface area contributed by atoms with Gasteiger partial charge in [0, 0.05) is 39.4 Å². The Morgan fingerprint density at radius 3 is 1.34 bits per heavy atom. The highest BCUT2D eigenvalue weighted by atomic mass is 35.5. The van der Waals surface area contributed by atoms with E-state index < -0.39 is 59.8 Å². The Bertz CT molecular complexity index is 2210. The number of benzene rings is 5. The Balaban J connectivity index is 0.000000180. The smallest absolute Gasteiger partial charge is 0.425 e. The molecule has 0 amide bonds. The van der Waals surface area contributed by atoms with Crippen molar-refractivity contribution in [3.63, 3.8) is 0 Å². The van der Waals surface area contributed by atoms with E-state index in [0.29, 0.717) is 0 Å². The molecule has 0 saturated heterocycles. The van der Waals surface area contributed by atoms with Gasteiger partial charge in [0.05, 0.1) is 10.0 Å². The van der Waals surface area contributed by atoms with Gasteiger partial charge in [0.1, 0.15) is 11.5 Å². The first kappa shape index (κ1) is 43.8. The second-order valence-electron chi connectivity index (χ2n) is 13.2. The first-order valence-electron chi connectivity index (χ1n) is 17.0. The molecule has 0 aliphatic heterocycles. The van der Waals surface area contributed by atoms with Gasteiger partial charge in [-0.1, -0.05) is 102 Å². The van der Waals surface area contributed by atoms with E-state index in [4.69, 9.17) is 48.6 Å². The summed E-state index contributed by atoms with van der Waals surface area (Å²) in [6.07, 6.45) is -9.99. The summed E-state index contributed by atoms with van der Waals surface area (Å²) in [6.45, 7) is 2.58.